The van der Waals surface area contributed by atoms with Gasteiger partial charge < -0.3 is 10.6 Å². The lowest BCUT2D eigenvalue weighted by Gasteiger charge is -2.09. The van der Waals surface area contributed by atoms with Gasteiger partial charge in [-0.3, -0.25) is 9.59 Å². The maximum absolute atomic E-state index is 12.2. The molecule has 0 aliphatic carbocycles. The highest BCUT2D eigenvalue weighted by atomic mass is 16.2. The number of hydrogen-bond donors (Lipinski definition) is 2. The van der Waals surface area contributed by atoms with Crippen LogP contribution in [0.15, 0.2) is 90.5 Å². The molecule has 0 atom stereocenters. The Hall–Kier alpha value is -3.66. The Morgan fingerprint density at radius 3 is 1.71 bits per heavy atom. The fourth-order valence-corrected chi connectivity index (χ4v) is 2.65. The predicted octanol–water partition coefficient (Wildman–Crippen LogP) is 5.51. The van der Waals surface area contributed by atoms with Gasteiger partial charge in [-0.15, -0.1) is 0 Å². The van der Waals surface area contributed by atoms with Crippen LogP contribution in [0.25, 0.3) is 11.1 Å². The highest BCUT2D eigenvalue weighted by Crippen LogP contribution is 2.23. The third-order valence-electron chi connectivity index (χ3n) is 4.45. The van der Waals surface area contributed by atoms with Crippen LogP contribution in [0.4, 0.5) is 11.4 Å². The highest BCUT2D eigenvalue weighted by Gasteiger charge is 2.06. The van der Waals surface area contributed by atoms with Crippen molar-refractivity contribution in [2.45, 2.75) is 13.8 Å². The van der Waals surface area contributed by atoms with E-state index in [1.807, 2.05) is 73.7 Å². The van der Waals surface area contributed by atoms with Crippen molar-refractivity contribution >= 4 is 23.2 Å². The maximum Gasteiger partial charge on any atom is 0.255 e. The topological polar surface area (TPSA) is 58.2 Å². The molecule has 0 unspecified atom stereocenters. The third kappa shape index (κ3) is 4.74. The molecule has 3 rings (SSSR count). The van der Waals surface area contributed by atoms with E-state index in [1.54, 1.807) is 25.1 Å². The zero-order chi connectivity index (χ0) is 19.9. The SMILES string of the molecule is C/C=C(\C)C(=O)Nc1ccc(-c2ccc(NC(=O)c3ccccc3)cc2)cc1. The van der Waals surface area contributed by atoms with Crippen LogP contribution >= 0.6 is 0 Å². The lowest BCUT2D eigenvalue weighted by atomic mass is 10.0. The fraction of sp³-hybridized carbons (Fsp3) is 0.0833. The number of amides is 2. The van der Waals surface area contributed by atoms with Crippen molar-refractivity contribution in [1.29, 1.82) is 0 Å². The lowest BCUT2D eigenvalue weighted by Crippen LogP contribution is -2.12. The number of rotatable bonds is 5. The molecule has 3 aromatic carbocycles. The summed E-state index contributed by atoms with van der Waals surface area (Å²) < 4.78 is 0. The molecule has 28 heavy (non-hydrogen) atoms. The third-order valence-corrected chi connectivity index (χ3v) is 4.45. The maximum atomic E-state index is 12.2. The molecule has 0 radical (unpaired) electrons. The number of nitrogens with one attached hydrogen (secondary N) is 2. The fourth-order valence-electron chi connectivity index (χ4n) is 2.65. The van der Waals surface area contributed by atoms with Crippen LogP contribution in [0.2, 0.25) is 0 Å². The van der Waals surface area contributed by atoms with E-state index >= 15 is 0 Å². The molecule has 0 saturated heterocycles. The zero-order valence-corrected chi connectivity index (χ0v) is 15.9. The first kappa shape index (κ1) is 19.1. The predicted molar refractivity (Wildman–Crippen MR) is 114 cm³/mol. The molecule has 4 heteroatoms. The summed E-state index contributed by atoms with van der Waals surface area (Å²) in [4.78, 5) is 24.1. The minimum absolute atomic E-state index is 0.103. The van der Waals surface area contributed by atoms with Crippen molar-refractivity contribution < 1.29 is 9.59 Å². The van der Waals surface area contributed by atoms with E-state index in [2.05, 4.69) is 10.6 Å². The smallest absolute Gasteiger partial charge is 0.255 e. The van der Waals surface area contributed by atoms with Crippen molar-refractivity contribution in [3.8, 4) is 11.1 Å². The van der Waals surface area contributed by atoms with E-state index in [4.69, 9.17) is 0 Å². The Kier molecular flexibility index (Phi) is 6.02. The van der Waals surface area contributed by atoms with E-state index in [9.17, 15) is 9.59 Å². The van der Waals surface area contributed by atoms with Gasteiger partial charge in [-0.1, -0.05) is 48.5 Å². The van der Waals surface area contributed by atoms with Crippen molar-refractivity contribution in [3.05, 3.63) is 96.1 Å². The summed E-state index contributed by atoms with van der Waals surface area (Å²) in [6.45, 7) is 3.62. The second-order valence-corrected chi connectivity index (χ2v) is 6.40. The quantitative estimate of drug-likeness (QED) is 0.582. The summed E-state index contributed by atoms with van der Waals surface area (Å²) in [6.07, 6.45) is 1.78. The Labute approximate surface area is 164 Å². The Morgan fingerprint density at radius 1 is 0.714 bits per heavy atom. The molecule has 3 aromatic rings. The van der Waals surface area contributed by atoms with E-state index in [0.717, 1.165) is 22.5 Å². The number of allylic oxidation sites excluding steroid dienone is 1. The van der Waals surface area contributed by atoms with Gasteiger partial charge in [-0.2, -0.15) is 0 Å². The molecule has 2 amide bonds. The van der Waals surface area contributed by atoms with E-state index in [-0.39, 0.29) is 11.8 Å². The summed E-state index contributed by atoms with van der Waals surface area (Å²) in [5, 5.41) is 5.75. The number of carbonyl (C=O) groups excluding carboxylic acids is 2. The minimum Gasteiger partial charge on any atom is -0.322 e. The molecule has 0 aliphatic rings. The van der Waals surface area contributed by atoms with Crippen LogP contribution in [0.3, 0.4) is 0 Å². The molecule has 0 aliphatic heterocycles. The van der Waals surface area contributed by atoms with Gasteiger partial charge in [-0.05, 0) is 61.4 Å². The number of anilines is 2. The van der Waals surface area contributed by atoms with Gasteiger partial charge >= 0.3 is 0 Å². The average molecular weight is 370 g/mol. The first-order chi connectivity index (χ1) is 13.6. The van der Waals surface area contributed by atoms with Gasteiger partial charge in [0.1, 0.15) is 0 Å². The standard InChI is InChI=1S/C24H22N2O2/c1-3-17(2)23(27)25-21-13-9-18(10-14-21)19-11-15-22(16-12-19)26-24(28)20-7-5-4-6-8-20/h3-16H,1-2H3,(H,25,27)(H,26,28)/b17-3+. The second kappa shape index (κ2) is 8.82. The minimum atomic E-state index is -0.134. The Morgan fingerprint density at radius 2 is 1.21 bits per heavy atom. The molecule has 2 N–H and O–H groups in total. The van der Waals surface area contributed by atoms with Crippen LogP contribution in [0.1, 0.15) is 24.2 Å². The highest BCUT2D eigenvalue weighted by molar-refractivity contribution is 6.04. The molecule has 4 nitrogen and oxygen atoms in total. The summed E-state index contributed by atoms with van der Waals surface area (Å²) in [5.41, 5.74) is 4.85. The van der Waals surface area contributed by atoms with Crippen molar-refractivity contribution in [2.24, 2.45) is 0 Å². The second-order valence-electron chi connectivity index (χ2n) is 6.40. The molecule has 0 fully saturated rings. The van der Waals surface area contributed by atoms with Crippen molar-refractivity contribution in [2.75, 3.05) is 10.6 Å². The van der Waals surface area contributed by atoms with Gasteiger partial charge in [0.2, 0.25) is 0 Å². The average Bonchev–Trinajstić information content (AvgIpc) is 2.75. The van der Waals surface area contributed by atoms with Gasteiger partial charge in [0.15, 0.2) is 0 Å². The number of carbonyl (C=O) groups is 2. The normalized spacial score (nSPS) is 11.0. The van der Waals surface area contributed by atoms with E-state index in [1.165, 1.54) is 0 Å². The van der Waals surface area contributed by atoms with Gasteiger partial charge in [0.25, 0.3) is 11.8 Å². The van der Waals surface area contributed by atoms with Crippen molar-refractivity contribution in [1.82, 2.24) is 0 Å². The largest absolute Gasteiger partial charge is 0.322 e. The molecular weight excluding hydrogens is 348 g/mol. The van der Waals surface area contributed by atoms with Crippen LogP contribution in [-0.4, -0.2) is 11.8 Å². The zero-order valence-electron chi connectivity index (χ0n) is 15.9. The molecule has 0 bridgehead atoms. The molecule has 0 spiro atoms. The molecule has 0 aromatic heterocycles. The van der Waals surface area contributed by atoms with Crippen LogP contribution in [-0.2, 0) is 4.79 Å². The lowest BCUT2D eigenvalue weighted by molar-refractivity contribution is -0.112. The van der Waals surface area contributed by atoms with Crippen LogP contribution in [0.5, 0.6) is 0 Å². The summed E-state index contributed by atoms with van der Waals surface area (Å²) in [7, 11) is 0. The summed E-state index contributed by atoms with van der Waals surface area (Å²) >= 11 is 0. The van der Waals surface area contributed by atoms with Gasteiger partial charge in [-0.25, -0.2) is 0 Å². The number of hydrogen-bond acceptors (Lipinski definition) is 2. The summed E-state index contributed by atoms with van der Waals surface area (Å²) in [5.74, 6) is -0.237. The van der Waals surface area contributed by atoms with Crippen LogP contribution in [0, 0.1) is 0 Å². The van der Waals surface area contributed by atoms with Crippen molar-refractivity contribution in [3.63, 3.8) is 0 Å². The van der Waals surface area contributed by atoms with E-state index < -0.39 is 0 Å². The monoisotopic (exact) mass is 370 g/mol. The first-order valence-corrected chi connectivity index (χ1v) is 9.08. The Bertz CT molecular complexity index is 989. The van der Waals surface area contributed by atoms with E-state index in [0.29, 0.717) is 11.1 Å². The van der Waals surface area contributed by atoms with Gasteiger partial charge in [0.05, 0.1) is 0 Å². The van der Waals surface area contributed by atoms with Crippen LogP contribution < -0.4 is 10.6 Å². The Balaban J connectivity index is 1.66. The molecule has 0 saturated carbocycles. The number of benzene rings is 3. The molecular formula is C24H22N2O2. The van der Waals surface area contributed by atoms with Gasteiger partial charge in [0, 0.05) is 22.5 Å². The summed E-state index contributed by atoms with van der Waals surface area (Å²) in [6, 6.07) is 24.4. The first-order valence-electron chi connectivity index (χ1n) is 9.08. The molecule has 0 heterocycles. The molecule has 140 valence electrons.